The molecule has 0 aromatic rings. The lowest BCUT2D eigenvalue weighted by Gasteiger charge is -2.44. The standard InChI is InChI=1S/C17H35N3/c1-5-15-6-8-16(9-7-15)18-14-17(2,3)20-12-10-19(4)11-13-20/h15-16,18H,5-14H2,1-4H3. The Morgan fingerprint density at radius 2 is 1.60 bits per heavy atom. The van der Waals surface area contributed by atoms with Crippen LogP contribution in [0.2, 0.25) is 0 Å². The van der Waals surface area contributed by atoms with E-state index in [4.69, 9.17) is 0 Å². The highest BCUT2D eigenvalue weighted by molar-refractivity contribution is 4.89. The second-order valence-corrected chi connectivity index (χ2v) is 7.61. The van der Waals surface area contributed by atoms with E-state index in [-0.39, 0.29) is 0 Å². The van der Waals surface area contributed by atoms with Crippen molar-refractivity contribution in [3.05, 3.63) is 0 Å². The number of hydrogen-bond donors (Lipinski definition) is 1. The van der Waals surface area contributed by atoms with E-state index in [1.54, 1.807) is 0 Å². The van der Waals surface area contributed by atoms with Crippen LogP contribution in [0.15, 0.2) is 0 Å². The number of piperazine rings is 1. The number of nitrogens with zero attached hydrogens (tertiary/aromatic N) is 2. The third kappa shape index (κ3) is 4.44. The normalized spacial score (nSPS) is 30.6. The van der Waals surface area contributed by atoms with E-state index in [0.717, 1.165) is 18.5 Å². The molecule has 0 spiro atoms. The van der Waals surface area contributed by atoms with Gasteiger partial charge in [-0.3, -0.25) is 4.90 Å². The van der Waals surface area contributed by atoms with Crippen LogP contribution in [0.4, 0.5) is 0 Å². The van der Waals surface area contributed by atoms with Gasteiger partial charge in [-0.2, -0.15) is 0 Å². The van der Waals surface area contributed by atoms with Crippen molar-refractivity contribution in [1.82, 2.24) is 15.1 Å². The third-order valence-electron chi connectivity index (χ3n) is 5.61. The van der Waals surface area contributed by atoms with E-state index in [0.29, 0.717) is 5.54 Å². The maximum absolute atomic E-state index is 3.86. The van der Waals surface area contributed by atoms with Crippen molar-refractivity contribution in [3.8, 4) is 0 Å². The van der Waals surface area contributed by atoms with Gasteiger partial charge >= 0.3 is 0 Å². The van der Waals surface area contributed by atoms with Crippen LogP contribution in [0.1, 0.15) is 52.9 Å². The molecule has 2 aliphatic rings. The zero-order chi connectivity index (χ0) is 14.6. The van der Waals surface area contributed by atoms with Crippen molar-refractivity contribution in [2.24, 2.45) is 5.92 Å². The minimum atomic E-state index is 0.295. The monoisotopic (exact) mass is 281 g/mol. The van der Waals surface area contributed by atoms with E-state index in [1.165, 1.54) is 58.3 Å². The fourth-order valence-electron chi connectivity index (χ4n) is 3.69. The van der Waals surface area contributed by atoms with Gasteiger partial charge in [-0.1, -0.05) is 13.3 Å². The maximum atomic E-state index is 3.86. The molecule has 2 fully saturated rings. The zero-order valence-electron chi connectivity index (χ0n) is 14.1. The molecule has 0 amide bonds. The first-order valence-corrected chi connectivity index (χ1v) is 8.68. The molecular formula is C17H35N3. The van der Waals surface area contributed by atoms with Crippen molar-refractivity contribution < 1.29 is 0 Å². The summed E-state index contributed by atoms with van der Waals surface area (Å²) in [6, 6.07) is 0.768. The van der Waals surface area contributed by atoms with Crippen LogP contribution < -0.4 is 5.32 Å². The predicted molar refractivity (Wildman–Crippen MR) is 87.2 cm³/mol. The van der Waals surface area contributed by atoms with Gasteiger partial charge in [0.1, 0.15) is 0 Å². The van der Waals surface area contributed by atoms with Gasteiger partial charge in [-0.25, -0.2) is 0 Å². The van der Waals surface area contributed by atoms with E-state index in [9.17, 15) is 0 Å². The summed E-state index contributed by atoms with van der Waals surface area (Å²) in [6.07, 6.45) is 7.01. The predicted octanol–water partition coefficient (Wildman–Crippen LogP) is 2.57. The van der Waals surface area contributed by atoms with Gasteiger partial charge in [0.2, 0.25) is 0 Å². The van der Waals surface area contributed by atoms with E-state index >= 15 is 0 Å². The molecule has 2 rings (SSSR count). The van der Waals surface area contributed by atoms with Gasteiger partial charge in [-0.15, -0.1) is 0 Å². The number of nitrogens with one attached hydrogen (secondary N) is 1. The molecule has 0 atom stereocenters. The van der Waals surface area contributed by atoms with Gasteiger partial charge in [-0.05, 0) is 52.5 Å². The van der Waals surface area contributed by atoms with Gasteiger partial charge in [0.25, 0.3) is 0 Å². The van der Waals surface area contributed by atoms with E-state index in [2.05, 4.69) is 42.9 Å². The summed E-state index contributed by atoms with van der Waals surface area (Å²) in [5.41, 5.74) is 0.295. The highest BCUT2D eigenvalue weighted by Crippen LogP contribution is 2.27. The van der Waals surface area contributed by atoms with Gasteiger partial charge < -0.3 is 10.2 Å². The van der Waals surface area contributed by atoms with Crippen LogP contribution >= 0.6 is 0 Å². The molecule has 1 heterocycles. The largest absolute Gasteiger partial charge is 0.312 e. The number of likely N-dealkylation sites (N-methyl/N-ethyl adjacent to an activating group) is 1. The van der Waals surface area contributed by atoms with E-state index in [1.807, 2.05) is 0 Å². The zero-order valence-corrected chi connectivity index (χ0v) is 14.1. The Kier molecular flexibility index (Phi) is 5.88. The minimum Gasteiger partial charge on any atom is -0.312 e. The minimum absolute atomic E-state index is 0.295. The van der Waals surface area contributed by atoms with Crippen LogP contribution in [-0.2, 0) is 0 Å². The molecule has 1 saturated carbocycles. The lowest BCUT2D eigenvalue weighted by molar-refractivity contribution is 0.0586. The van der Waals surface area contributed by atoms with Crippen LogP contribution in [0, 0.1) is 5.92 Å². The van der Waals surface area contributed by atoms with Crippen molar-refractivity contribution >= 4 is 0 Å². The first kappa shape index (κ1) is 16.3. The lowest BCUT2D eigenvalue weighted by Crippen LogP contribution is -2.58. The molecule has 0 bridgehead atoms. The fraction of sp³-hybridized carbons (Fsp3) is 1.00. The molecule has 1 aliphatic heterocycles. The average Bonchev–Trinajstić information content (AvgIpc) is 2.46. The summed E-state index contributed by atoms with van der Waals surface area (Å²) in [5.74, 6) is 0.999. The van der Waals surface area contributed by atoms with Crippen molar-refractivity contribution in [2.75, 3.05) is 39.8 Å². The summed E-state index contributed by atoms with van der Waals surface area (Å²) < 4.78 is 0. The molecule has 1 aliphatic carbocycles. The Morgan fingerprint density at radius 3 is 2.15 bits per heavy atom. The Balaban J connectivity index is 1.72. The first-order chi connectivity index (χ1) is 9.51. The molecule has 118 valence electrons. The highest BCUT2D eigenvalue weighted by atomic mass is 15.3. The van der Waals surface area contributed by atoms with E-state index < -0.39 is 0 Å². The quantitative estimate of drug-likeness (QED) is 0.835. The topological polar surface area (TPSA) is 18.5 Å². The molecule has 0 aromatic heterocycles. The van der Waals surface area contributed by atoms with Crippen LogP contribution in [0.5, 0.6) is 0 Å². The molecule has 1 saturated heterocycles. The average molecular weight is 281 g/mol. The van der Waals surface area contributed by atoms with Crippen molar-refractivity contribution in [3.63, 3.8) is 0 Å². The van der Waals surface area contributed by atoms with Crippen molar-refractivity contribution in [2.45, 2.75) is 64.5 Å². The summed E-state index contributed by atoms with van der Waals surface area (Å²) in [7, 11) is 2.23. The lowest BCUT2D eigenvalue weighted by atomic mass is 9.84. The Morgan fingerprint density at radius 1 is 1.00 bits per heavy atom. The second kappa shape index (κ2) is 7.24. The maximum Gasteiger partial charge on any atom is 0.0278 e. The summed E-state index contributed by atoms with van der Waals surface area (Å²) in [6.45, 7) is 13.1. The Bertz CT molecular complexity index is 274. The smallest absolute Gasteiger partial charge is 0.0278 e. The third-order valence-corrected chi connectivity index (χ3v) is 5.61. The molecule has 3 nitrogen and oxygen atoms in total. The summed E-state index contributed by atoms with van der Waals surface area (Å²) in [5, 5.41) is 3.86. The van der Waals surface area contributed by atoms with Crippen LogP contribution in [-0.4, -0.2) is 61.2 Å². The number of hydrogen-bond acceptors (Lipinski definition) is 3. The number of rotatable bonds is 5. The summed E-state index contributed by atoms with van der Waals surface area (Å²) in [4.78, 5) is 5.10. The van der Waals surface area contributed by atoms with Crippen molar-refractivity contribution in [1.29, 1.82) is 0 Å². The molecule has 0 radical (unpaired) electrons. The van der Waals surface area contributed by atoms with Crippen LogP contribution in [0.3, 0.4) is 0 Å². The molecule has 20 heavy (non-hydrogen) atoms. The summed E-state index contributed by atoms with van der Waals surface area (Å²) >= 11 is 0. The van der Waals surface area contributed by atoms with Crippen LogP contribution in [0.25, 0.3) is 0 Å². The van der Waals surface area contributed by atoms with Gasteiger partial charge in [0.15, 0.2) is 0 Å². The van der Waals surface area contributed by atoms with Gasteiger partial charge in [0.05, 0.1) is 0 Å². The Labute approximate surface area is 126 Å². The second-order valence-electron chi connectivity index (χ2n) is 7.61. The molecule has 1 N–H and O–H groups in total. The SMILES string of the molecule is CCC1CCC(NCC(C)(C)N2CCN(C)CC2)CC1. The first-order valence-electron chi connectivity index (χ1n) is 8.68. The molecule has 0 unspecified atom stereocenters. The molecular weight excluding hydrogens is 246 g/mol. The highest BCUT2D eigenvalue weighted by Gasteiger charge is 2.30. The molecule has 0 aromatic carbocycles. The molecule has 3 heteroatoms. The Hall–Kier alpha value is -0.120. The fourth-order valence-corrected chi connectivity index (χ4v) is 3.69. The van der Waals surface area contributed by atoms with Gasteiger partial charge in [0, 0.05) is 44.3 Å².